The molecule has 0 saturated heterocycles. The molecule has 0 amide bonds. The van der Waals surface area contributed by atoms with E-state index in [1.165, 1.54) is 19.3 Å². The smallest absolute Gasteiger partial charge is 0.0663 e. The second-order valence-electron chi connectivity index (χ2n) is 6.80. The van der Waals surface area contributed by atoms with Gasteiger partial charge in [-0.25, -0.2) is 0 Å². The Morgan fingerprint density at radius 3 is 2.18 bits per heavy atom. The van der Waals surface area contributed by atoms with Crippen LogP contribution in [0.3, 0.4) is 0 Å². The Balaban J connectivity index is 1.65. The van der Waals surface area contributed by atoms with Crippen LogP contribution in [-0.2, 0) is 0 Å². The average molecular weight is 236 g/mol. The lowest BCUT2D eigenvalue weighted by Crippen LogP contribution is -2.26. The van der Waals surface area contributed by atoms with Crippen molar-refractivity contribution in [2.24, 2.45) is 28.6 Å². The predicted octanol–water partition coefficient (Wildman–Crippen LogP) is 2.36. The number of aliphatic hydroxyl groups excluding tert-OH is 2. The van der Waals surface area contributed by atoms with Gasteiger partial charge in [0.1, 0.15) is 0 Å². The summed E-state index contributed by atoms with van der Waals surface area (Å²) >= 11 is 0. The summed E-state index contributed by atoms with van der Waals surface area (Å²) in [6.45, 7) is 4.98. The first-order chi connectivity index (χ1) is 8.07. The first-order valence-electron chi connectivity index (χ1n) is 6.97. The van der Waals surface area contributed by atoms with Crippen LogP contribution < -0.4 is 0 Å². The van der Waals surface area contributed by atoms with E-state index in [1.54, 1.807) is 0 Å². The molecule has 4 rings (SSSR count). The quantitative estimate of drug-likeness (QED) is 0.719. The van der Waals surface area contributed by atoms with Crippen molar-refractivity contribution in [3.8, 4) is 0 Å². The van der Waals surface area contributed by atoms with Gasteiger partial charge in [0.05, 0.1) is 13.2 Å². The van der Waals surface area contributed by atoms with Crippen LogP contribution in [-0.4, -0.2) is 23.4 Å². The molecule has 2 nitrogen and oxygen atoms in total. The fourth-order valence-corrected chi connectivity index (χ4v) is 5.26. The standard InChI is InChI=1S/C15H24O2/c1-14(5-3-4-10(8-16)9-17)11-6-12-13(7-11)15(12,14)2/h4,11-13,16-17H,3,5-9H2,1-2H3/t11?,12-,13+,14-,15?/m1/s1. The van der Waals surface area contributed by atoms with E-state index in [0.29, 0.717) is 10.8 Å². The largest absolute Gasteiger partial charge is 0.392 e. The highest BCUT2D eigenvalue weighted by atomic mass is 16.3. The molecule has 0 heterocycles. The molecule has 0 aromatic rings. The van der Waals surface area contributed by atoms with Gasteiger partial charge in [0.15, 0.2) is 0 Å². The highest BCUT2D eigenvalue weighted by molar-refractivity contribution is 5.29. The van der Waals surface area contributed by atoms with Crippen LogP contribution in [0, 0.1) is 28.6 Å². The van der Waals surface area contributed by atoms with Gasteiger partial charge in [-0.15, -0.1) is 0 Å². The van der Waals surface area contributed by atoms with Gasteiger partial charge in [-0.1, -0.05) is 19.9 Å². The van der Waals surface area contributed by atoms with Crippen LogP contribution in [0.2, 0.25) is 0 Å². The van der Waals surface area contributed by atoms with Gasteiger partial charge in [-0.3, -0.25) is 0 Å². The molecule has 2 heteroatoms. The molecule has 0 aromatic carbocycles. The molecule has 4 aliphatic rings. The van der Waals surface area contributed by atoms with Gasteiger partial charge >= 0.3 is 0 Å². The lowest BCUT2D eigenvalue weighted by Gasteiger charge is -2.34. The van der Waals surface area contributed by atoms with Crippen molar-refractivity contribution in [1.82, 2.24) is 0 Å². The summed E-state index contributed by atoms with van der Waals surface area (Å²) in [6.07, 6.45) is 7.22. The van der Waals surface area contributed by atoms with Gasteiger partial charge in [0, 0.05) is 0 Å². The summed E-state index contributed by atoms with van der Waals surface area (Å²) in [7, 11) is 0. The van der Waals surface area contributed by atoms with E-state index in [1.807, 2.05) is 6.08 Å². The number of rotatable bonds is 5. The Bertz CT molecular complexity index is 342. The average Bonchev–Trinajstić information content (AvgIpc) is 2.70. The molecule has 17 heavy (non-hydrogen) atoms. The summed E-state index contributed by atoms with van der Waals surface area (Å²) in [5.41, 5.74) is 1.93. The number of allylic oxidation sites excluding steroid dienone is 1. The maximum absolute atomic E-state index is 9.03. The molecular formula is C15H24O2. The minimum atomic E-state index is -0.000833. The second-order valence-corrected chi connectivity index (χ2v) is 6.80. The number of hydrogen-bond donors (Lipinski definition) is 2. The van der Waals surface area contributed by atoms with Gasteiger partial charge in [-0.2, -0.15) is 0 Å². The highest BCUT2D eigenvalue weighted by Gasteiger charge is 2.80. The van der Waals surface area contributed by atoms with Crippen LogP contribution >= 0.6 is 0 Å². The van der Waals surface area contributed by atoms with E-state index in [2.05, 4.69) is 13.8 Å². The Labute approximate surface area is 104 Å². The molecule has 2 N–H and O–H groups in total. The molecule has 5 atom stereocenters. The molecule has 4 saturated carbocycles. The molecule has 0 radical (unpaired) electrons. The number of aliphatic hydroxyl groups is 2. The second kappa shape index (κ2) is 3.58. The van der Waals surface area contributed by atoms with E-state index in [9.17, 15) is 0 Å². The van der Waals surface area contributed by atoms with E-state index < -0.39 is 0 Å². The van der Waals surface area contributed by atoms with Crippen molar-refractivity contribution in [3.05, 3.63) is 11.6 Å². The molecule has 4 aliphatic carbocycles. The van der Waals surface area contributed by atoms with Crippen molar-refractivity contribution in [3.63, 3.8) is 0 Å². The van der Waals surface area contributed by atoms with Crippen molar-refractivity contribution in [2.45, 2.75) is 39.5 Å². The summed E-state index contributed by atoms with van der Waals surface area (Å²) in [5, 5.41) is 18.1. The van der Waals surface area contributed by atoms with Gasteiger partial charge in [0.25, 0.3) is 0 Å². The summed E-state index contributed by atoms with van der Waals surface area (Å²) in [4.78, 5) is 0. The minimum Gasteiger partial charge on any atom is -0.392 e. The first-order valence-corrected chi connectivity index (χ1v) is 6.97. The topological polar surface area (TPSA) is 40.5 Å². The van der Waals surface area contributed by atoms with Gasteiger partial charge in [-0.05, 0) is 59.8 Å². The number of hydrogen-bond acceptors (Lipinski definition) is 2. The fraction of sp³-hybridized carbons (Fsp3) is 0.867. The van der Waals surface area contributed by atoms with Crippen molar-refractivity contribution in [1.29, 1.82) is 0 Å². The molecule has 4 fully saturated rings. The molecule has 0 aliphatic heterocycles. The first kappa shape index (κ1) is 11.7. The maximum atomic E-state index is 9.03. The molecule has 96 valence electrons. The fourth-order valence-electron chi connectivity index (χ4n) is 5.26. The zero-order valence-corrected chi connectivity index (χ0v) is 10.9. The highest BCUT2D eigenvalue weighted by Crippen LogP contribution is 2.87. The summed E-state index contributed by atoms with van der Waals surface area (Å²) < 4.78 is 0. The molecule has 2 unspecified atom stereocenters. The summed E-state index contributed by atoms with van der Waals surface area (Å²) in [6, 6.07) is 0. The Hall–Kier alpha value is -0.340. The summed E-state index contributed by atoms with van der Waals surface area (Å²) in [5.74, 6) is 3.00. The van der Waals surface area contributed by atoms with E-state index in [-0.39, 0.29) is 13.2 Å². The van der Waals surface area contributed by atoms with Crippen molar-refractivity contribution < 1.29 is 10.2 Å². The van der Waals surface area contributed by atoms with Gasteiger partial charge in [0.2, 0.25) is 0 Å². The zero-order chi connectivity index (χ0) is 12.3. The predicted molar refractivity (Wildman–Crippen MR) is 67.4 cm³/mol. The van der Waals surface area contributed by atoms with Crippen LogP contribution in [0.25, 0.3) is 0 Å². The normalized spacial score (nSPS) is 49.5. The van der Waals surface area contributed by atoms with Crippen molar-refractivity contribution >= 4 is 0 Å². The molecule has 4 bridgehead atoms. The maximum Gasteiger partial charge on any atom is 0.0663 e. The minimum absolute atomic E-state index is 0.000833. The van der Waals surface area contributed by atoms with E-state index >= 15 is 0 Å². The zero-order valence-electron chi connectivity index (χ0n) is 10.9. The lowest BCUT2D eigenvalue weighted by atomic mass is 9.71. The third kappa shape index (κ3) is 1.29. The molecule has 0 spiro atoms. The molecular weight excluding hydrogens is 212 g/mol. The van der Waals surface area contributed by atoms with Crippen LogP contribution in [0.15, 0.2) is 11.6 Å². The monoisotopic (exact) mass is 236 g/mol. The Morgan fingerprint density at radius 2 is 1.76 bits per heavy atom. The van der Waals surface area contributed by atoms with E-state index in [0.717, 1.165) is 29.7 Å². The third-order valence-corrected chi connectivity index (χ3v) is 6.63. The lowest BCUT2D eigenvalue weighted by molar-refractivity contribution is 0.154. The Morgan fingerprint density at radius 1 is 1.18 bits per heavy atom. The van der Waals surface area contributed by atoms with Crippen molar-refractivity contribution in [2.75, 3.05) is 13.2 Å². The van der Waals surface area contributed by atoms with Gasteiger partial charge < -0.3 is 10.2 Å². The van der Waals surface area contributed by atoms with Crippen LogP contribution in [0.4, 0.5) is 0 Å². The van der Waals surface area contributed by atoms with Crippen LogP contribution in [0.1, 0.15) is 39.5 Å². The third-order valence-electron chi connectivity index (χ3n) is 6.63. The molecule has 0 aromatic heterocycles. The Kier molecular flexibility index (Phi) is 2.47. The SMILES string of the molecule is CC12[C@@H]3CC(C[C@@H]31)[C@@]2(C)CCC=C(CO)CO. The van der Waals surface area contributed by atoms with E-state index in [4.69, 9.17) is 10.2 Å². The van der Waals surface area contributed by atoms with Crippen LogP contribution in [0.5, 0.6) is 0 Å².